The number of hydrogen-bond acceptors (Lipinski definition) is 16. The summed E-state index contributed by atoms with van der Waals surface area (Å²) in [5.74, 6) is 4.08. The molecule has 8 aliphatic heterocycles. The summed E-state index contributed by atoms with van der Waals surface area (Å²) in [4.78, 5) is 0. The van der Waals surface area contributed by atoms with Crippen molar-refractivity contribution in [1.29, 1.82) is 0 Å². The minimum absolute atomic E-state index is 0. The summed E-state index contributed by atoms with van der Waals surface area (Å²) >= 11 is 0. The van der Waals surface area contributed by atoms with Crippen molar-refractivity contribution in [1.82, 2.24) is 0 Å². The van der Waals surface area contributed by atoms with Crippen molar-refractivity contribution in [3.8, 4) is 0 Å². The zero-order chi connectivity index (χ0) is 46.2. The van der Waals surface area contributed by atoms with E-state index in [-0.39, 0.29) is 114 Å². The van der Waals surface area contributed by atoms with Gasteiger partial charge in [-0.3, -0.25) is 0 Å². The molecule has 66 heavy (non-hydrogen) atoms. The van der Waals surface area contributed by atoms with Gasteiger partial charge in [-0.05, 0) is 23.7 Å². The highest BCUT2D eigenvalue weighted by Gasteiger charge is 2.51. The van der Waals surface area contributed by atoms with Gasteiger partial charge in [-0.1, -0.05) is 86.5 Å². The molecule has 0 amide bonds. The normalized spacial score (nSPS) is 43.5. The first-order valence-corrected chi connectivity index (χ1v) is 24.2. The van der Waals surface area contributed by atoms with Crippen LogP contribution >= 0.6 is 0 Å². The maximum atomic E-state index is 5.51. The van der Waals surface area contributed by atoms with Crippen molar-refractivity contribution in [2.24, 2.45) is 23.7 Å². The Morgan fingerprint density at radius 1 is 0.242 bits per heavy atom. The van der Waals surface area contributed by atoms with Crippen LogP contribution in [0.3, 0.4) is 0 Å². The summed E-state index contributed by atoms with van der Waals surface area (Å²) in [6.07, 6.45) is 13.0. The number of fused-ring (bicyclic) bond motifs is 4. The monoisotopic (exact) mass is 948 g/mol. The Kier molecular flexibility index (Phi) is 28.1. The molecule has 16 nitrogen and oxygen atoms in total. The third-order valence-electron chi connectivity index (χ3n) is 14.9. The molecule has 8 heterocycles. The fraction of sp³-hybridized carbons (Fsp3) is 1.00. The lowest BCUT2D eigenvalue weighted by Gasteiger charge is -2.22. The quantitative estimate of drug-likeness (QED) is 0.295. The molecule has 0 N–H and O–H groups in total. The maximum absolute atomic E-state index is 5.51. The van der Waals surface area contributed by atoms with Crippen LogP contribution in [0.5, 0.6) is 0 Å². The third kappa shape index (κ3) is 16.2. The number of methoxy groups -OCH3 is 8. The van der Waals surface area contributed by atoms with Crippen molar-refractivity contribution >= 4 is 8.41 Å². The van der Waals surface area contributed by atoms with Crippen LogP contribution in [-0.2, 0) is 75.8 Å². The molecule has 0 aromatic heterocycles. The highest BCUT2D eigenvalue weighted by Crippen LogP contribution is 2.33. The molecule has 2 saturated carbocycles. The summed E-state index contributed by atoms with van der Waals surface area (Å²) in [5, 5.41) is 0. The van der Waals surface area contributed by atoms with Gasteiger partial charge >= 0.3 is 0 Å². The molecule has 0 aromatic carbocycles. The van der Waals surface area contributed by atoms with Crippen LogP contribution in [0, 0.1) is 23.7 Å². The lowest BCUT2D eigenvalue weighted by atomic mass is 9.84. The second-order valence-corrected chi connectivity index (χ2v) is 19.3. The Labute approximate surface area is 400 Å². The van der Waals surface area contributed by atoms with Crippen LogP contribution < -0.4 is 0 Å². The standard InChI is InChI=1S/4C8H14O4.2C8H16.CH4.B/c4*1-9-5-3-11-8-6(10-2)4-12-7(5)8;2*1-7-3-5-8(2)6-4-7;;/h4*5-8H,3-4H2,1-2H3;2*7-8H,3-6H2,1-2H3;1H4;/t5-,6+,7-,8-;5-,6-,7+,8+;5-,6-,7-,8-;;;;;/m101...../s1. The lowest BCUT2D eigenvalue weighted by Crippen LogP contribution is -2.32. The Bertz CT molecular complexity index is 988. The molecule has 0 spiro atoms. The van der Waals surface area contributed by atoms with E-state index in [1.165, 1.54) is 51.4 Å². The van der Waals surface area contributed by atoms with Gasteiger partial charge in [0.05, 0.1) is 52.9 Å². The molecule has 0 aromatic rings. The Hall–Kier alpha value is -0.575. The second kappa shape index (κ2) is 31.0. The molecule has 10 rings (SSSR count). The fourth-order valence-corrected chi connectivity index (χ4v) is 10.2. The van der Waals surface area contributed by atoms with Crippen LogP contribution in [0.1, 0.15) is 86.5 Å². The molecular weight excluding hydrogens is 855 g/mol. The summed E-state index contributed by atoms with van der Waals surface area (Å²) in [5.41, 5.74) is 0. The first-order valence-electron chi connectivity index (χ1n) is 24.2. The summed E-state index contributed by atoms with van der Waals surface area (Å²) in [6.45, 7) is 14.4. The van der Waals surface area contributed by atoms with Crippen LogP contribution in [-0.4, -0.2) is 216 Å². The first-order chi connectivity index (χ1) is 31.0. The van der Waals surface area contributed by atoms with Gasteiger partial charge < -0.3 is 75.8 Å². The number of hydrogen-bond donors (Lipinski definition) is 0. The van der Waals surface area contributed by atoms with Crippen LogP contribution in [0.15, 0.2) is 0 Å². The van der Waals surface area contributed by atoms with Crippen molar-refractivity contribution < 1.29 is 75.8 Å². The lowest BCUT2D eigenvalue weighted by molar-refractivity contribution is -0.0267. The minimum atomic E-state index is 0. The molecule has 17 heteroatoms. The average Bonchev–Trinajstić information content (AvgIpc) is 4.18. The molecule has 8 saturated heterocycles. The van der Waals surface area contributed by atoms with Gasteiger partial charge in [0.15, 0.2) is 0 Å². The first kappa shape index (κ1) is 59.7. The van der Waals surface area contributed by atoms with Gasteiger partial charge in [-0.2, -0.15) is 0 Å². The predicted octanol–water partition coefficient (Wildman–Crippen LogP) is 5.18. The van der Waals surface area contributed by atoms with Gasteiger partial charge in [0.1, 0.15) is 97.7 Å². The van der Waals surface area contributed by atoms with Crippen LogP contribution in [0.2, 0.25) is 0 Å². The zero-order valence-corrected chi connectivity index (χ0v) is 42.0. The van der Waals surface area contributed by atoms with Crippen LogP contribution in [0.25, 0.3) is 0 Å². The molecule has 16 atom stereocenters. The Morgan fingerprint density at radius 3 is 0.439 bits per heavy atom. The SMILES string of the molecule is C.CC1CCC(C)CC1.CC1CCC(C)CC1.COC1COC2C(OC)COC12.CO[C@@H]1CO[C@H]2[C@@H]1OC[C@H]2OC.CO[C@H]1CO[C@H]2[C@@H]1OC[C@@H]2OC.CO[C@H]1CO[C@H]2[C@@H]1OC[C@H]2OC.[B]. The van der Waals surface area contributed by atoms with Gasteiger partial charge in [-0.15, -0.1) is 0 Å². The smallest absolute Gasteiger partial charge is 0.115 e. The van der Waals surface area contributed by atoms with Gasteiger partial charge in [0, 0.05) is 65.3 Å². The van der Waals surface area contributed by atoms with Crippen molar-refractivity contribution in [3.05, 3.63) is 0 Å². The molecule has 2 aliphatic carbocycles. The molecule has 387 valence electrons. The van der Waals surface area contributed by atoms with E-state index >= 15 is 0 Å². The molecule has 10 aliphatic rings. The topological polar surface area (TPSA) is 148 Å². The Balaban J connectivity index is 0.000000211. The van der Waals surface area contributed by atoms with E-state index in [1.54, 1.807) is 56.9 Å². The summed E-state index contributed by atoms with van der Waals surface area (Å²) < 4.78 is 85.8. The van der Waals surface area contributed by atoms with Gasteiger partial charge in [0.25, 0.3) is 0 Å². The van der Waals surface area contributed by atoms with Gasteiger partial charge in [-0.25, -0.2) is 0 Å². The molecule has 4 unspecified atom stereocenters. The van der Waals surface area contributed by atoms with E-state index in [2.05, 4.69) is 27.7 Å². The fourth-order valence-electron chi connectivity index (χ4n) is 10.2. The minimum Gasteiger partial charge on any atom is -0.376 e. The van der Waals surface area contributed by atoms with E-state index < -0.39 is 0 Å². The number of ether oxygens (including phenoxy) is 16. The highest BCUT2D eigenvalue weighted by atomic mass is 16.7. The molecule has 10 fully saturated rings. The highest BCUT2D eigenvalue weighted by molar-refractivity contribution is 5.75. The summed E-state index contributed by atoms with van der Waals surface area (Å²) in [6, 6.07) is 0. The van der Waals surface area contributed by atoms with Gasteiger partial charge in [0.2, 0.25) is 0 Å². The van der Waals surface area contributed by atoms with E-state index in [1.807, 2.05) is 0 Å². The van der Waals surface area contributed by atoms with Crippen molar-refractivity contribution in [2.75, 3.05) is 110 Å². The van der Waals surface area contributed by atoms with Crippen LogP contribution in [0.4, 0.5) is 0 Å². The van der Waals surface area contributed by atoms with Crippen molar-refractivity contribution in [2.45, 2.75) is 184 Å². The second-order valence-electron chi connectivity index (χ2n) is 19.3. The maximum Gasteiger partial charge on any atom is 0.115 e. The van der Waals surface area contributed by atoms with E-state index in [0.717, 1.165) is 23.7 Å². The van der Waals surface area contributed by atoms with E-state index in [0.29, 0.717) is 52.9 Å². The van der Waals surface area contributed by atoms with E-state index in [9.17, 15) is 0 Å². The zero-order valence-electron chi connectivity index (χ0n) is 42.0. The Morgan fingerprint density at radius 2 is 0.348 bits per heavy atom. The number of rotatable bonds is 8. The largest absolute Gasteiger partial charge is 0.376 e. The average molecular weight is 948 g/mol. The molecule has 3 radical (unpaired) electrons. The third-order valence-corrected chi connectivity index (χ3v) is 14.9. The van der Waals surface area contributed by atoms with Crippen molar-refractivity contribution in [3.63, 3.8) is 0 Å². The van der Waals surface area contributed by atoms with E-state index in [4.69, 9.17) is 75.8 Å². The summed E-state index contributed by atoms with van der Waals surface area (Å²) in [7, 11) is 13.4. The molecular formula is C49H92BO16. The predicted molar refractivity (Wildman–Crippen MR) is 250 cm³/mol. The molecule has 0 bridgehead atoms.